The van der Waals surface area contributed by atoms with Gasteiger partial charge in [-0.2, -0.15) is 10.5 Å². The minimum absolute atomic E-state index is 0.640. The highest BCUT2D eigenvalue weighted by molar-refractivity contribution is 5.92. The van der Waals surface area contributed by atoms with Crippen LogP contribution in [0.25, 0.3) is 134 Å². The Bertz CT molecular complexity index is 4640. The van der Waals surface area contributed by atoms with Gasteiger partial charge in [-0.05, 0) is 115 Å². The van der Waals surface area contributed by atoms with E-state index in [0.29, 0.717) is 46.1 Å². The number of nitrogens with zero attached hydrogens (tertiary/aromatic N) is 8. The largest absolute Gasteiger partial charge is 0.208 e. The number of benzene rings is 12. The molecular weight excluding hydrogens is 1020 g/mol. The molecule has 0 spiro atoms. The molecule has 0 fully saturated rings. The molecule has 0 unspecified atom stereocenters. The fourth-order valence-electron chi connectivity index (χ4n) is 10.2. The zero-order valence-electron chi connectivity index (χ0n) is 45.3. The molecule has 12 aromatic carbocycles. The molecule has 0 saturated heterocycles. The number of aromatic nitrogens is 6. The topological polar surface area (TPSA) is 125 Å². The number of rotatable bonds is 10. The Morgan fingerprint density at radius 3 is 0.702 bits per heavy atom. The van der Waals surface area contributed by atoms with E-state index < -0.39 is 0 Å². The highest BCUT2D eigenvalue weighted by Gasteiger charge is 2.15. The maximum absolute atomic E-state index is 9.26. The zero-order chi connectivity index (χ0) is 56.6. The number of hydrogen-bond donors (Lipinski definition) is 0. The maximum atomic E-state index is 9.26. The standard InChI is InChI=1S/2C38H24N4/c39-25-26-8-7-13-31(22-26)33-20-21-34-23-32(18-19-35(34)24-33)27-14-16-30(17-15-27)38-41-36(28-9-3-1-4-10-28)40-37(42-38)29-11-5-2-6-12-29;39-25-26-11-13-27(14-12-26)32-19-21-35-24-33(20-22-34(35)23-32)28-15-17-31(18-16-28)38-41-36(29-7-3-1-4-8-29)40-37(42-38)30-9-5-2-6-10-30/h2*1-24H. The van der Waals surface area contributed by atoms with E-state index in [1.54, 1.807) is 0 Å². The van der Waals surface area contributed by atoms with Gasteiger partial charge in [0.2, 0.25) is 0 Å². The van der Waals surface area contributed by atoms with Crippen LogP contribution in [0, 0.1) is 22.7 Å². The summed E-state index contributed by atoms with van der Waals surface area (Å²) in [6.07, 6.45) is 0. The van der Waals surface area contributed by atoms with Gasteiger partial charge >= 0.3 is 0 Å². The lowest BCUT2D eigenvalue weighted by Crippen LogP contribution is -2.00. The predicted octanol–water partition coefficient (Wildman–Crippen LogP) is 18.5. The van der Waals surface area contributed by atoms with Gasteiger partial charge < -0.3 is 0 Å². The summed E-state index contributed by atoms with van der Waals surface area (Å²) in [5.74, 6) is 3.88. The lowest BCUT2D eigenvalue weighted by molar-refractivity contribution is 1.07. The van der Waals surface area contributed by atoms with E-state index in [1.807, 2.05) is 170 Å². The van der Waals surface area contributed by atoms with E-state index >= 15 is 0 Å². The van der Waals surface area contributed by atoms with Crippen LogP contribution in [0.3, 0.4) is 0 Å². The molecule has 14 aromatic rings. The molecular formula is C76H48N8. The molecule has 84 heavy (non-hydrogen) atoms. The van der Waals surface area contributed by atoms with Gasteiger partial charge in [0, 0.05) is 33.4 Å². The van der Waals surface area contributed by atoms with Gasteiger partial charge in [-0.15, -0.1) is 0 Å². The normalized spacial score (nSPS) is 10.8. The van der Waals surface area contributed by atoms with Crippen molar-refractivity contribution in [2.75, 3.05) is 0 Å². The fourth-order valence-corrected chi connectivity index (χ4v) is 10.2. The van der Waals surface area contributed by atoms with Gasteiger partial charge in [-0.1, -0.05) is 243 Å². The second kappa shape index (κ2) is 23.5. The first-order valence-corrected chi connectivity index (χ1v) is 27.5. The second-order valence-corrected chi connectivity index (χ2v) is 20.2. The molecule has 14 rings (SSSR count). The third-order valence-electron chi connectivity index (χ3n) is 14.7. The summed E-state index contributed by atoms with van der Waals surface area (Å²) in [6.45, 7) is 0. The van der Waals surface area contributed by atoms with Crippen LogP contribution in [0.5, 0.6) is 0 Å². The summed E-state index contributed by atoms with van der Waals surface area (Å²) >= 11 is 0. The molecule has 2 heterocycles. The summed E-state index contributed by atoms with van der Waals surface area (Å²) in [7, 11) is 0. The summed E-state index contributed by atoms with van der Waals surface area (Å²) in [5, 5.41) is 23.0. The molecule has 0 radical (unpaired) electrons. The summed E-state index contributed by atoms with van der Waals surface area (Å²) in [6, 6.07) is 103. The molecule has 0 aliphatic heterocycles. The molecule has 8 nitrogen and oxygen atoms in total. The van der Waals surface area contributed by atoms with Crippen LogP contribution in [-0.4, -0.2) is 29.9 Å². The third kappa shape index (κ3) is 11.3. The van der Waals surface area contributed by atoms with E-state index in [1.165, 1.54) is 10.8 Å². The van der Waals surface area contributed by atoms with Gasteiger partial charge in [-0.3, -0.25) is 0 Å². The molecule has 0 saturated carbocycles. The van der Waals surface area contributed by atoms with Gasteiger partial charge in [0.25, 0.3) is 0 Å². The lowest BCUT2D eigenvalue weighted by atomic mass is 9.97. The Morgan fingerprint density at radius 1 is 0.179 bits per heavy atom. The molecule has 0 bridgehead atoms. The van der Waals surface area contributed by atoms with Crippen molar-refractivity contribution in [3.8, 4) is 125 Å². The number of nitriles is 2. The molecule has 8 heteroatoms. The molecule has 0 N–H and O–H groups in total. The van der Waals surface area contributed by atoms with Crippen molar-refractivity contribution in [3.63, 3.8) is 0 Å². The fraction of sp³-hybridized carbons (Fsp3) is 0. The Morgan fingerprint density at radius 2 is 0.405 bits per heavy atom. The van der Waals surface area contributed by atoms with E-state index in [-0.39, 0.29) is 0 Å². The third-order valence-corrected chi connectivity index (χ3v) is 14.7. The van der Waals surface area contributed by atoms with Gasteiger partial charge in [0.15, 0.2) is 34.9 Å². The van der Waals surface area contributed by atoms with Crippen molar-refractivity contribution >= 4 is 21.5 Å². The molecule has 0 atom stereocenters. The molecule has 0 amide bonds. The summed E-state index contributed by atoms with van der Waals surface area (Å²) < 4.78 is 0. The number of fused-ring (bicyclic) bond motifs is 2. The first-order chi connectivity index (χ1) is 41.5. The van der Waals surface area contributed by atoms with Crippen LogP contribution in [0.4, 0.5) is 0 Å². The lowest BCUT2D eigenvalue weighted by Gasteiger charge is -2.10. The van der Waals surface area contributed by atoms with Gasteiger partial charge in [0.1, 0.15) is 0 Å². The highest BCUT2D eigenvalue weighted by atomic mass is 15.0. The Labute approximate surface area is 486 Å². The summed E-state index contributed by atoms with van der Waals surface area (Å²) in [4.78, 5) is 29.0. The van der Waals surface area contributed by atoms with E-state index in [0.717, 1.165) is 88.7 Å². The van der Waals surface area contributed by atoms with Crippen LogP contribution in [0.2, 0.25) is 0 Å². The molecule has 0 aliphatic rings. The van der Waals surface area contributed by atoms with Crippen LogP contribution < -0.4 is 0 Å². The second-order valence-electron chi connectivity index (χ2n) is 20.2. The minimum atomic E-state index is 0.640. The van der Waals surface area contributed by atoms with Crippen molar-refractivity contribution < 1.29 is 0 Å². The maximum Gasteiger partial charge on any atom is 0.164 e. The first kappa shape index (κ1) is 51.6. The molecule has 2 aromatic heterocycles. The smallest absolute Gasteiger partial charge is 0.164 e. The minimum Gasteiger partial charge on any atom is -0.208 e. The van der Waals surface area contributed by atoms with Crippen molar-refractivity contribution in [3.05, 3.63) is 302 Å². The van der Waals surface area contributed by atoms with Crippen molar-refractivity contribution in [2.24, 2.45) is 0 Å². The molecule has 392 valence electrons. The van der Waals surface area contributed by atoms with E-state index in [4.69, 9.17) is 35.2 Å². The van der Waals surface area contributed by atoms with Gasteiger partial charge in [0.05, 0.1) is 23.3 Å². The van der Waals surface area contributed by atoms with Crippen molar-refractivity contribution in [2.45, 2.75) is 0 Å². The average Bonchev–Trinajstić information content (AvgIpc) is 3.73. The SMILES string of the molecule is N#Cc1ccc(-c2ccc3cc(-c4ccc(-c5nc(-c6ccccc6)nc(-c6ccccc6)n5)cc4)ccc3c2)cc1.N#Cc1cccc(-c2ccc3cc(-c4ccc(-c5nc(-c6ccccc6)nc(-c6ccccc6)n5)cc4)ccc3c2)c1. The van der Waals surface area contributed by atoms with Crippen LogP contribution in [0.1, 0.15) is 11.1 Å². The Balaban J connectivity index is 0.000000157. The Kier molecular flexibility index (Phi) is 14.4. The van der Waals surface area contributed by atoms with Crippen LogP contribution in [0.15, 0.2) is 291 Å². The Hall–Kier alpha value is -11.8. The van der Waals surface area contributed by atoms with Crippen LogP contribution >= 0.6 is 0 Å². The van der Waals surface area contributed by atoms with E-state index in [9.17, 15) is 5.26 Å². The highest BCUT2D eigenvalue weighted by Crippen LogP contribution is 2.34. The predicted molar refractivity (Wildman–Crippen MR) is 338 cm³/mol. The zero-order valence-corrected chi connectivity index (χ0v) is 45.3. The van der Waals surface area contributed by atoms with Crippen molar-refractivity contribution in [1.82, 2.24) is 29.9 Å². The van der Waals surface area contributed by atoms with Gasteiger partial charge in [-0.25, -0.2) is 29.9 Å². The quantitative estimate of drug-likeness (QED) is 0.133. The molecule has 0 aliphatic carbocycles. The summed E-state index contributed by atoms with van der Waals surface area (Å²) in [5.41, 5.74) is 15.9. The first-order valence-electron chi connectivity index (χ1n) is 27.5. The van der Waals surface area contributed by atoms with E-state index in [2.05, 4.69) is 133 Å². The van der Waals surface area contributed by atoms with Crippen LogP contribution in [-0.2, 0) is 0 Å². The van der Waals surface area contributed by atoms with Crippen molar-refractivity contribution in [1.29, 1.82) is 10.5 Å². The average molecular weight is 1070 g/mol. The monoisotopic (exact) mass is 1070 g/mol. The number of hydrogen-bond acceptors (Lipinski definition) is 8.